The number of esters is 2. The van der Waals surface area contributed by atoms with Crippen LogP contribution >= 0.6 is 11.3 Å². The summed E-state index contributed by atoms with van der Waals surface area (Å²) >= 11 is 1.47. The highest BCUT2D eigenvalue weighted by molar-refractivity contribution is 7.17. The molecule has 1 aliphatic carbocycles. The minimum atomic E-state index is -0.529. The second-order valence-electron chi connectivity index (χ2n) is 15.0. The number of methoxy groups -OCH3 is 2. The van der Waals surface area contributed by atoms with Gasteiger partial charge in [0.15, 0.2) is 0 Å². The van der Waals surface area contributed by atoms with Crippen LogP contribution in [-0.2, 0) is 41.7 Å². The van der Waals surface area contributed by atoms with Gasteiger partial charge in [0.25, 0.3) is 17.7 Å². The number of ether oxygens (including phenoxy) is 2. The zero-order chi connectivity index (χ0) is 42.6. The summed E-state index contributed by atoms with van der Waals surface area (Å²) in [5.41, 5.74) is 6.66. The number of rotatable bonds is 17. The molecule has 0 radical (unpaired) electrons. The summed E-state index contributed by atoms with van der Waals surface area (Å²) in [7, 11) is 2.67. The molecule has 3 aromatic carbocycles. The van der Waals surface area contributed by atoms with Gasteiger partial charge in [0.05, 0.1) is 30.9 Å². The Morgan fingerprint density at radius 1 is 0.750 bits per heavy atom. The van der Waals surface area contributed by atoms with Crippen LogP contribution in [0.2, 0.25) is 0 Å². The van der Waals surface area contributed by atoms with Crippen LogP contribution in [0.5, 0.6) is 0 Å². The average Bonchev–Trinajstić information content (AvgIpc) is 3.65. The first kappa shape index (κ1) is 43.4. The zero-order valence-electron chi connectivity index (χ0n) is 34.7. The van der Waals surface area contributed by atoms with Crippen LogP contribution < -0.4 is 10.6 Å². The Morgan fingerprint density at radius 2 is 1.42 bits per heavy atom. The largest absolute Gasteiger partial charge is 0.465 e. The Labute approximate surface area is 355 Å². The Balaban J connectivity index is 1.13. The summed E-state index contributed by atoms with van der Waals surface area (Å²) in [5, 5.41) is 6.69. The van der Waals surface area contributed by atoms with Crippen molar-refractivity contribution in [3.63, 3.8) is 0 Å². The van der Waals surface area contributed by atoms with E-state index in [1.54, 1.807) is 35.2 Å². The highest BCUT2D eigenvalue weighted by atomic mass is 32.1. The fraction of sp³-hybridized carbons (Fsp3) is 0.333. The minimum absolute atomic E-state index is 0.0677. The molecule has 2 N–H and O–H groups in total. The molecule has 0 saturated heterocycles. The smallest absolute Gasteiger partial charge is 0.339 e. The molecular weight excluding hydrogens is 777 g/mol. The quantitative estimate of drug-likeness (QED) is 0.0883. The molecule has 2 aromatic heterocycles. The summed E-state index contributed by atoms with van der Waals surface area (Å²) in [6.07, 6.45) is 10.0. The lowest BCUT2D eigenvalue weighted by Gasteiger charge is -2.31. The number of aryl methyl sites for hydroxylation is 3. The van der Waals surface area contributed by atoms with Crippen molar-refractivity contribution in [1.29, 1.82) is 0 Å². The summed E-state index contributed by atoms with van der Waals surface area (Å²) in [5.74, 6) is -1.74. The van der Waals surface area contributed by atoms with Gasteiger partial charge in [0, 0.05) is 34.9 Å². The molecule has 12 heteroatoms. The van der Waals surface area contributed by atoms with E-state index in [4.69, 9.17) is 9.47 Å². The predicted octanol–water partition coefficient (Wildman–Crippen LogP) is 9.50. The number of fused-ring (bicyclic) bond motifs is 1. The van der Waals surface area contributed by atoms with E-state index in [-0.39, 0.29) is 47.5 Å². The van der Waals surface area contributed by atoms with Crippen molar-refractivity contribution >= 4 is 51.7 Å². The van der Waals surface area contributed by atoms with Crippen LogP contribution in [0, 0.1) is 0 Å². The minimum Gasteiger partial charge on any atom is -0.465 e. The number of pyridine rings is 1. The van der Waals surface area contributed by atoms with Gasteiger partial charge >= 0.3 is 11.9 Å². The molecule has 3 amide bonds. The van der Waals surface area contributed by atoms with Crippen molar-refractivity contribution in [2.45, 2.75) is 90.6 Å². The van der Waals surface area contributed by atoms with Crippen LogP contribution in [0.4, 0.5) is 10.7 Å². The first-order valence-electron chi connectivity index (χ1n) is 20.6. The molecule has 312 valence electrons. The molecular formula is C48H52N4O7S. The number of benzene rings is 3. The summed E-state index contributed by atoms with van der Waals surface area (Å²) < 4.78 is 9.56. The summed E-state index contributed by atoms with van der Waals surface area (Å²) in [6, 6.07) is 25.5. The third kappa shape index (κ3) is 10.7. The van der Waals surface area contributed by atoms with E-state index in [2.05, 4.69) is 22.5 Å². The summed E-state index contributed by atoms with van der Waals surface area (Å²) in [4.78, 5) is 72.8. The van der Waals surface area contributed by atoms with Gasteiger partial charge in [0.2, 0.25) is 0 Å². The average molecular weight is 829 g/mol. The predicted molar refractivity (Wildman–Crippen MR) is 234 cm³/mol. The van der Waals surface area contributed by atoms with Gasteiger partial charge in [0.1, 0.15) is 10.7 Å². The fourth-order valence-corrected chi connectivity index (χ4v) is 8.92. The van der Waals surface area contributed by atoms with Crippen molar-refractivity contribution in [2.24, 2.45) is 0 Å². The number of carbonyl (C=O) groups is 5. The third-order valence-electron chi connectivity index (χ3n) is 10.9. The number of amides is 3. The van der Waals surface area contributed by atoms with E-state index in [1.165, 1.54) is 43.9 Å². The highest BCUT2D eigenvalue weighted by Gasteiger charge is 2.28. The molecule has 2 heterocycles. The maximum atomic E-state index is 14.0. The van der Waals surface area contributed by atoms with E-state index in [0.717, 1.165) is 91.3 Å². The molecule has 6 rings (SSSR count). The van der Waals surface area contributed by atoms with E-state index in [9.17, 15) is 24.0 Å². The number of hydrogen-bond acceptors (Lipinski definition) is 9. The van der Waals surface area contributed by atoms with Gasteiger partial charge in [-0.1, -0.05) is 56.7 Å². The van der Waals surface area contributed by atoms with Crippen LogP contribution in [0.25, 0.3) is 0 Å². The number of anilines is 2. The molecule has 1 aliphatic rings. The van der Waals surface area contributed by atoms with Gasteiger partial charge in [-0.05, 0) is 129 Å². The maximum absolute atomic E-state index is 14.0. The van der Waals surface area contributed by atoms with E-state index in [1.807, 2.05) is 49.4 Å². The van der Waals surface area contributed by atoms with E-state index in [0.29, 0.717) is 27.4 Å². The third-order valence-corrected chi connectivity index (χ3v) is 12.1. The van der Waals surface area contributed by atoms with Gasteiger partial charge < -0.3 is 25.0 Å². The number of thiophene rings is 1. The number of hydrogen-bond donors (Lipinski definition) is 2. The van der Waals surface area contributed by atoms with Crippen molar-refractivity contribution < 1.29 is 33.4 Å². The first-order valence-corrected chi connectivity index (χ1v) is 21.4. The van der Waals surface area contributed by atoms with Crippen LogP contribution in [-0.4, -0.2) is 59.8 Å². The number of carbonyl (C=O) groups excluding carboxylic acids is 5. The number of aromatic nitrogens is 1. The maximum Gasteiger partial charge on any atom is 0.339 e. The molecule has 1 unspecified atom stereocenters. The van der Waals surface area contributed by atoms with E-state index >= 15 is 0 Å². The number of nitrogens with one attached hydrogen (secondary N) is 2. The topological polar surface area (TPSA) is 144 Å². The SMILES string of the molecule is CCCC(CC)N(Cc1cccc(C(=O)Nc2sc3c(c2C(=O)Nc2ccc(CCCc4ccc(C(=O)OC)cc4)cc2)CCCC3)c1)C(=O)c1ccc(C(=O)OC)cn1. The van der Waals surface area contributed by atoms with Gasteiger partial charge in [-0.15, -0.1) is 11.3 Å². The highest BCUT2D eigenvalue weighted by Crippen LogP contribution is 2.39. The Bertz CT molecular complexity index is 2300. The standard InChI is InChI=1S/C48H52N4O7S/c1-5-11-38(6-2)52(46(55)40-27-24-36(29-49-40)48(57)59-4)30-33-14-10-15-35(28-33)43(53)51-45-42(39-16-7-8-17-41(39)60-45)44(54)50-37-25-20-32(21-26-37)13-9-12-31-18-22-34(23-19-31)47(56)58-3/h10,14-15,18-29,38H,5-9,11-13,16-17,30H2,1-4H3,(H,50,54)(H,51,53). The molecule has 0 bridgehead atoms. The van der Waals surface area contributed by atoms with Crippen LogP contribution in [0.3, 0.4) is 0 Å². The van der Waals surface area contributed by atoms with Crippen molar-refractivity contribution in [3.8, 4) is 0 Å². The zero-order valence-corrected chi connectivity index (χ0v) is 35.5. The van der Waals surface area contributed by atoms with E-state index < -0.39 is 5.97 Å². The molecule has 11 nitrogen and oxygen atoms in total. The monoisotopic (exact) mass is 828 g/mol. The molecule has 1 atom stereocenters. The number of nitrogens with zero attached hydrogens (tertiary/aromatic N) is 2. The Kier molecular flexibility index (Phi) is 15.0. The molecule has 5 aromatic rings. The molecule has 60 heavy (non-hydrogen) atoms. The lowest BCUT2D eigenvalue weighted by atomic mass is 9.95. The first-order chi connectivity index (χ1) is 29.1. The molecule has 0 aliphatic heterocycles. The summed E-state index contributed by atoms with van der Waals surface area (Å²) in [6.45, 7) is 4.38. The Hall–Kier alpha value is -6.14. The lowest BCUT2D eigenvalue weighted by Crippen LogP contribution is -2.40. The second kappa shape index (κ2) is 20.7. The normalized spacial score (nSPS) is 12.5. The van der Waals surface area contributed by atoms with Crippen molar-refractivity contribution in [2.75, 3.05) is 24.9 Å². The van der Waals surface area contributed by atoms with Gasteiger partial charge in [-0.25, -0.2) is 9.59 Å². The van der Waals surface area contributed by atoms with Crippen molar-refractivity contribution in [1.82, 2.24) is 9.88 Å². The van der Waals surface area contributed by atoms with Crippen LogP contribution in [0.1, 0.15) is 131 Å². The molecule has 0 spiro atoms. The lowest BCUT2D eigenvalue weighted by molar-refractivity contribution is 0.0591. The fourth-order valence-electron chi connectivity index (χ4n) is 7.63. The molecule has 0 fully saturated rings. The molecule has 0 saturated carbocycles. The second-order valence-corrected chi connectivity index (χ2v) is 16.1. The van der Waals surface area contributed by atoms with Gasteiger partial charge in [-0.3, -0.25) is 19.4 Å². The van der Waals surface area contributed by atoms with Crippen LogP contribution in [0.15, 0.2) is 91.1 Å². The van der Waals surface area contributed by atoms with Crippen molar-refractivity contribution in [3.05, 3.63) is 146 Å². The Morgan fingerprint density at radius 3 is 2.07 bits per heavy atom. The van der Waals surface area contributed by atoms with Gasteiger partial charge in [-0.2, -0.15) is 0 Å².